The lowest BCUT2D eigenvalue weighted by molar-refractivity contribution is -0.123. The van der Waals surface area contributed by atoms with E-state index < -0.39 is 0 Å². The van der Waals surface area contributed by atoms with Crippen LogP contribution in [0.2, 0.25) is 5.02 Å². The number of thioether (sulfide) groups is 1. The van der Waals surface area contributed by atoms with Gasteiger partial charge in [0, 0.05) is 29.3 Å². The van der Waals surface area contributed by atoms with Crippen LogP contribution in [-0.4, -0.2) is 34.7 Å². The van der Waals surface area contributed by atoms with Gasteiger partial charge in [-0.15, -0.1) is 0 Å². The van der Waals surface area contributed by atoms with E-state index in [4.69, 9.17) is 11.6 Å². The van der Waals surface area contributed by atoms with Crippen molar-refractivity contribution in [2.75, 3.05) is 11.9 Å². The molecule has 1 atom stereocenters. The zero-order chi connectivity index (χ0) is 19.4. The Hall–Kier alpha value is -1.46. The van der Waals surface area contributed by atoms with E-state index in [-0.39, 0.29) is 22.7 Å². The first-order chi connectivity index (χ1) is 12.0. The molecule has 140 valence electrons. The number of halogens is 1. The Kier molecular flexibility index (Phi) is 4.91. The van der Waals surface area contributed by atoms with Gasteiger partial charge in [0.25, 0.3) is 11.1 Å². The maximum Gasteiger partial charge on any atom is 0.293 e. The number of benzene rings is 1. The Morgan fingerprint density at radius 3 is 2.54 bits per heavy atom. The van der Waals surface area contributed by atoms with E-state index in [0.29, 0.717) is 15.8 Å². The van der Waals surface area contributed by atoms with E-state index in [1.165, 1.54) is 10.5 Å². The predicted octanol–water partition coefficient (Wildman–Crippen LogP) is 5.51. The molecule has 26 heavy (non-hydrogen) atoms. The summed E-state index contributed by atoms with van der Waals surface area (Å²) in [5.74, 6) is 0.154. The molecule has 1 aromatic carbocycles. The number of carbonyl (C=O) groups is 2. The first kappa shape index (κ1) is 19.3. The molecule has 0 radical (unpaired) electrons. The molecular weight excluding hydrogens is 368 g/mol. The molecule has 2 amide bonds. The van der Waals surface area contributed by atoms with Crippen molar-refractivity contribution in [3.8, 4) is 0 Å². The molecule has 2 aliphatic heterocycles. The first-order valence-corrected chi connectivity index (χ1v) is 10.1. The highest BCUT2D eigenvalue weighted by atomic mass is 35.5. The van der Waals surface area contributed by atoms with Crippen molar-refractivity contribution in [2.24, 2.45) is 0 Å². The smallest absolute Gasteiger partial charge is 0.293 e. The van der Waals surface area contributed by atoms with Gasteiger partial charge in [-0.2, -0.15) is 0 Å². The van der Waals surface area contributed by atoms with Crippen molar-refractivity contribution < 1.29 is 9.59 Å². The Morgan fingerprint density at radius 2 is 1.96 bits per heavy atom. The van der Waals surface area contributed by atoms with Crippen molar-refractivity contribution in [1.82, 2.24) is 4.90 Å². The summed E-state index contributed by atoms with van der Waals surface area (Å²) in [5, 5.41) is 0.372. The second kappa shape index (κ2) is 6.61. The number of anilines is 1. The number of amides is 2. The lowest BCUT2D eigenvalue weighted by Gasteiger charge is -2.45. The summed E-state index contributed by atoms with van der Waals surface area (Å²) in [6.07, 6.45) is 2.80. The van der Waals surface area contributed by atoms with Gasteiger partial charge in [-0.1, -0.05) is 18.5 Å². The van der Waals surface area contributed by atoms with Crippen molar-refractivity contribution in [1.29, 1.82) is 0 Å². The average molecular weight is 393 g/mol. The second-order valence-electron chi connectivity index (χ2n) is 8.05. The Balaban J connectivity index is 2.03. The Bertz CT molecular complexity index is 816. The minimum absolute atomic E-state index is 0.0666. The average Bonchev–Trinajstić information content (AvgIpc) is 2.80. The van der Waals surface area contributed by atoms with Gasteiger partial charge in [-0.25, -0.2) is 0 Å². The van der Waals surface area contributed by atoms with Gasteiger partial charge >= 0.3 is 0 Å². The highest BCUT2D eigenvalue weighted by molar-refractivity contribution is 8.18. The van der Waals surface area contributed by atoms with Crippen molar-refractivity contribution in [2.45, 2.75) is 58.5 Å². The molecule has 0 aromatic heterocycles. The fraction of sp³-hybridized carbons (Fsp3) is 0.500. The molecule has 0 spiro atoms. The third-order valence-corrected chi connectivity index (χ3v) is 6.59. The highest BCUT2D eigenvalue weighted by Gasteiger charge is 2.37. The summed E-state index contributed by atoms with van der Waals surface area (Å²) in [6.45, 7) is 10.4. The van der Waals surface area contributed by atoms with Crippen LogP contribution in [0.25, 0.3) is 6.08 Å². The fourth-order valence-corrected chi connectivity index (χ4v) is 4.95. The minimum atomic E-state index is -0.241. The summed E-state index contributed by atoms with van der Waals surface area (Å²) in [7, 11) is 2.09. The van der Waals surface area contributed by atoms with Gasteiger partial charge in [0.2, 0.25) is 0 Å². The van der Waals surface area contributed by atoms with Crippen LogP contribution >= 0.6 is 23.4 Å². The monoisotopic (exact) mass is 392 g/mol. The second-order valence-corrected chi connectivity index (χ2v) is 9.46. The SMILES string of the molecule is CC(C)N1C(=O)S/C(=C\c2cc3c(cc2Cl)N(C)C(C)(C)C[C@H]3C)C1=O. The molecule has 3 rings (SSSR count). The van der Waals surface area contributed by atoms with Crippen LogP contribution < -0.4 is 4.90 Å². The molecule has 0 bridgehead atoms. The molecule has 0 unspecified atom stereocenters. The molecule has 1 aromatic rings. The molecule has 1 saturated heterocycles. The van der Waals surface area contributed by atoms with Crippen LogP contribution in [-0.2, 0) is 4.79 Å². The number of imide groups is 1. The van der Waals surface area contributed by atoms with Crippen LogP contribution in [0.5, 0.6) is 0 Å². The first-order valence-electron chi connectivity index (χ1n) is 8.87. The number of hydrogen-bond acceptors (Lipinski definition) is 4. The van der Waals surface area contributed by atoms with Gasteiger partial charge in [-0.05, 0) is 81.1 Å². The number of hydrogen-bond donors (Lipinski definition) is 0. The van der Waals surface area contributed by atoms with Crippen LogP contribution in [0.15, 0.2) is 17.0 Å². The largest absolute Gasteiger partial charge is 0.369 e. The van der Waals surface area contributed by atoms with Gasteiger partial charge in [0.1, 0.15) is 0 Å². The number of fused-ring (bicyclic) bond motifs is 1. The van der Waals surface area contributed by atoms with E-state index in [1.807, 2.05) is 19.9 Å². The molecule has 4 nitrogen and oxygen atoms in total. The molecule has 0 N–H and O–H groups in total. The lowest BCUT2D eigenvalue weighted by Crippen LogP contribution is -2.45. The molecule has 0 saturated carbocycles. The van der Waals surface area contributed by atoms with Gasteiger partial charge in [0.05, 0.1) is 4.91 Å². The van der Waals surface area contributed by atoms with Crippen molar-refractivity contribution >= 4 is 46.3 Å². The van der Waals surface area contributed by atoms with Gasteiger partial charge in [0.15, 0.2) is 0 Å². The summed E-state index contributed by atoms with van der Waals surface area (Å²) < 4.78 is 0. The maximum atomic E-state index is 12.5. The minimum Gasteiger partial charge on any atom is -0.369 e. The van der Waals surface area contributed by atoms with Gasteiger partial charge < -0.3 is 4.90 Å². The molecule has 1 fully saturated rings. The third kappa shape index (κ3) is 3.16. The number of rotatable bonds is 2. The van der Waals surface area contributed by atoms with Crippen molar-refractivity contribution in [3.05, 3.63) is 33.2 Å². The van der Waals surface area contributed by atoms with Crippen LogP contribution in [0.3, 0.4) is 0 Å². The summed E-state index contributed by atoms with van der Waals surface area (Å²) in [6, 6.07) is 3.90. The van der Waals surface area contributed by atoms with Gasteiger partial charge in [-0.3, -0.25) is 14.5 Å². The Labute approximate surface area is 164 Å². The van der Waals surface area contributed by atoms with E-state index in [9.17, 15) is 9.59 Å². The highest BCUT2D eigenvalue weighted by Crippen LogP contribution is 2.45. The maximum absolute atomic E-state index is 12.5. The van der Waals surface area contributed by atoms with Crippen LogP contribution in [0.4, 0.5) is 10.5 Å². The van der Waals surface area contributed by atoms with E-state index in [1.54, 1.807) is 6.08 Å². The molecule has 6 heteroatoms. The Morgan fingerprint density at radius 1 is 1.31 bits per heavy atom. The zero-order valence-electron chi connectivity index (χ0n) is 16.1. The summed E-state index contributed by atoms with van der Waals surface area (Å²) >= 11 is 7.52. The number of nitrogens with zero attached hydrogens (tertiary/aromatic N) is 2. The summed E-state index contributed by atoms with van der Waals surface area (Å²) in [5.41, 5.74) is 3.22. The number of carbonyl (C=O) groups excluding carboxylic acids is 2. The van der Waals surface area contributed by atoms with Crippen LogP contribution in [0, 0.1) is 0 Å². The lowest BCUT2D eigenvalue weighted by atomic mass is 9.80. The summed E-state index contributed by atoms with van der Waals surface area (Å²) in [4.78, 5) is 28.6. The quantitative estimate of drug-likeness (QED) is 0.622. The molecule has 2 aliphatic rings. The van der Waals surface area contributed by atoms with E-state index >= 15 is 0 Å². The molecule has 2 heterocycles. The van der Waals surface area contributed by atoms with Crippen LogP contribution in [0.1, 0.15) is 58.1 Å². The normalized spacial score (nSPS) is 24.0. The van der Waals surface area contributed by atoms with Crippen molar-refractivity contribution in [3.63, 3.8) is 0 Å². The topological polar surface area (TPSA) is 40.6 Å². The van der Waals surface area contributed by atoms with E-state index in [0.717, 1.165) is 29.4 Å². The third-order valence-electron chi connectivity index (χ3n) is 5.38. The van der Waals surface area contributed by atoms with E-state index in [2.05, 4.69) is 38.8 Å². The molecular formula is C20H25ClN2O2S. The fourth-order valence-electron chi connectivity index (χ4n) is 3.78. The molecule has 0 aliphatic carbocycles. The standard InChI is InChI=1S/C20H25ClN2O2S/c1-11(2)23-18(24)17(26-19(23)25)8-13-7-14-12(3)10-20(4,5)22(6)16(14)9-15(13)21/h7-9,11-12H,10H2,1-6H3/b17-8-/t12-/m1/s1. The predicted molar refractivity (Wildman–Crippen MR) is 110 cm³/mol. The zero-order valence-corrected chi connectivity index (χ0v) is 17.7.